The van der Waals surface area contributed by atoms with Gasteiger partial charge >= 0.3 is 0 Å². The van der Waals surface area contributed by atoms with Crippen molar-refractivity contribution in [2.45, 2.75) is 50.8 Å². The summed E-state index contributed by atoms with van der Waals surface area (Å²) in [5.41, 5.74) is 1.31. The van der Waals surface area contributed by atoms with Crippen molar-refractivity contribution in [1.29, 1.82) is 0 Å². The van der Waals surface area contributed by atoms with Gasteiger partial charge in [0.15, 0.2) is 0 Å². The molecule has 2 nitrogen and oxygen atoms in total. The fourth-order valence-electron chi connectivity index (χ4n) is 2.80. The molecule has 1 N–H and O–H groups in total. The van der Waals surface area contributed by atoms with Crippen molar-refractivity contribution in [3.63, 3.8) is 0 Å². The Morgan fingerprint density at radius 3 is 2.67 bits per heavy atom. The molecule has 1 aliphatic carbocycles. The second-order valence-corrected chi connectivity index (χ2v) is 5.43. The summed E-state index contributed by atoms with van der Waals surface area (Å²) >= 11 is 5.94. The molecule has 0 amide bonds. The van der Waals surface area contributed by atoms with Crippen molar-refractivity contribution in [3.8, 4) is 0 Å². The van der Waals surface area contributed by atoms with E-state index in [1.165, 1.54) is 24.8 Å². The van der Waals surface area contributed by atoms with E-state index in [0.29, 0.717) is 18.2 Å². The number of hydrogen-bond donors (Lipinski definition) is 1. The van der Waals surface area contributed by atoms with Crippen molar-refractivity contribution in [1.82, 2.24) is 5.32 Å². The lowest BCUT2D eigenvalue weighted by Gasteiger charge is -2.26. The van der Waals surface area contributed by atoms with Gasteiger partial charge < -0.3 is 10.1 Å². The molecule has 3 heteroatoms. The van der Waals surface area contributed by atoms with E-state index in [1.807, 2.05) is 19.2 Å². The highest BCUT2D eigenvalue weighted by atomic mass is 35.5. The smallest absolute Gasteiger partial charge is 0.0724 e. The van der Waals surface area contributed by atoms with E-state index < -0.39 is 0 Å². The van der Waals surface area contributed by atoms with E-state index in [-0.39, 0.29) is 0 Å². The molecular weight excluding hydrogens is 246 g/mol. The molecule has 18 heavy (non-hydrogen) atoms. The first-order valence-corrected chi connectivity index (χ1v) is 7.16. The van der Waals surface area contributed by atoms with Crippen molar-refractivity contribution < 1.29 is 4.74 Å². The fourth-order valence-corrected chi connectivity index (χ4v) is 2.93. The molecule has 1 aromatic rings. The molecule has 0 aliphatic heterocycles. The first-order chi connectivity index (χ1) is 8.74. The Labute approximate surface area is 115 Å². The lowest BCUT2D eigenvalue weighted by molar-refractivity contribution is 0.0810. The molecule has 3 unspecified atom stereocenters. The van der Waals surface area contributed by atoms with Crippen LogP contribution in [0.15, 0.2) is 24.3 Å². The van der Waals surface area contributed by atoms with Crippen LogP contribution in [0.2, 0.25) is 5.02 Å². The molecule has 0 aromatic heterocycles. The lowest BCUT2D eigenvalue weighted by atomic mass is 10.0. The minimum absolute atomic E-state index is 0.367. The second kappa shape index (κ2) is 6.55. The van der Waals surface area contributed by atoms with Crippen molar-refractivity contribution >= 4 is 11.6 Å². The number of hydrogen-bond acceptors (Lipinski definition) is 2. The monoisotopic (exact) mass is 267 g/mol. The maximum absolute atomic E-state index is 5.94. The fraction of sp³-hybridized carbons (Fsp3) is 0.600. The third kappa shape index (κ3) is 3.25. The molecule has 0 radical (unpaired) electrons. The molecule has 1 aromatic carbocycles. The molecule has 0 bridgehead atoms. The lowest BCUT2D eigenvalue weighted by Crippen LogP contribution is -2.39. The topological polar surface area (TPSA) is 21.3 Å². The zero-order chi connectivity index (χ0) is 13.0. The standard InChI is InChI=1S/C15H22ClNO/c1-3-13(11-7-9-12(16)10-8-11)17-14-5-4-6-15(14)18-2/h7-10,13-15,17H,3-6H2,1-2H3. The number of halogens is 1. The quantitative estimate of drug-likeness (QED) is 0.872. The van der Waals surface area contributed by atoms with Crippen LogP contribution in [0.5, 0.6) is 0 Å². The van der Waals surface area contributed by atoms with Crippen molar-refractivity contribution in [2.75, 3.05) is 7.11 Å². The summed E-state index contributed by atoms with van der Waals surface area (Å²) in [5, 5.41) is 4.53. The minimum atomic E-state index is 0.367. The number of benzene rings is 1. The van der Waals surface area contributed by atoms with Gasteiger partial charge in [0, 0.05) is 24.2 Å². The normalized spacial score (nSPS) is 25.3. The highest BCUT2D eigenvalue weighted by Crippen LogP contribution is 2.26. The number of ether oxygens (including phenoxy) is 1. The van der Waals surface area contributed by atoms with E-state index in [1.54, 1.807) is 0 Å². The van der Waals surface area contributed by atoms with Crippen LogP contribution in [0.1, 0.15) is 44.2 Å². The number of methoxy groups -OCH3 is 1. The Morgan fingerprint density at radius 2 is 2.06 bits per heavy atom. The maximum Gasteiger partial charge on any atom is 0.0724 e. The predicted octanol–water partition coefficient (Wildman–Crippen LogP) is 3.95. The number of rotatable bonds is 5. The molecule has 3 atom stereocenters. The van der Waals surface area contributed by atoms with E-state index in [4.69, 9.17) is 16.3 Å². The van der Waals surface area contributed by atoms with E-state index in [2.05, 4.69) is 24.4 Å². The summed E-state index contributed by atoms with van der Waals surface area (Å²) in [6, 6.07) is 9.02. The maximum atomic E-state index is 5.94. The van der Waals surface area contributed by atoms with Gasteiger partial charge in [0.1, 0.15) is 0 Å². The summed E-state index contributed by atoms with van der Waals surface area (Å²) in [6.45, 7) is 2.21. The Hall–Kier alpha value is -0.570. The molecule has 0 saturated heterocycles. The Balaban J connectivity index is 2.02. The highest BCUT2D eigenvalue weighted by Gasteiger charge is 2.28. The van der Waals surface area contributed by atoms with Gasteiger partial charge in [0.2, 0.25) is 0 Å². The third-order valence-electron chi connectivity index (χ3n) is 3.85. The highest BCUT2D eigenvalue weighted by molar-refractivity contribution is 6.30. The third-order valence-corrected chi connectivity index (χ3v) is 4.10. The molecule has 1 fully saturated rings. The first-order valence-electron chi connectivity index (χ1n) is 6.79. The van der Waals surface area contributed by atoms with Crippen LogP contribution >= 0.6 is 11.6 Å². The molecule has 1 aliphatic rings. The average molecular weight is 268 g/mol. The molecule has 1 saturated carbocycles. The first kappa shape index (κ1) is 13.9. The number of nitrogens with one attached hydrogen (secondary N) is 1. The Bertz CT molecular complexity index is 365. The Kier molecular flexibility index (Phi) is 5.04. The summed E-state index contributed by atoms with van der Waals surface area (Å²) in [6.07, 6.45) is 5.08. The summed E-state index contributed by atoms with van der Waals surface area (Å²) in [5.74, 6) is 0. The van der Waals surface area contributed by atoms with Crippen molar-refractivity contribution in [3.05, 3.63) is 34.9 Å². The van der Waals surface area contributed by atoms with Crippen LogP contribution in [0.3, 0.4) is 0 Å². The second-order valence-electron chi connectivity index (χ2n) is 4.99. The van der Waals surface area contributed by atoms with Gasteiger partial charge in [-0.2, -0.15) is 0 Å². The van der Waals surface area contributed by atoms with Gasteiger partial charge in [-0.15, -0.1) is 0 Å². The van der Waals surface area contributed by atoms with Gasteiger partial charge in [0.05, 0.1) is 6.10 Å². The Morgan fingerprint density at radius 1 is 1.33 bits per heavy atom. The predicted molar refractivity (Wildman–Crippen MR) is 76.1 cm³/mol. The zero-order valence-electron chi connectivity index (χ0n) is 11.2. The van der Waals surface area contributed by atoms with E-state index >= 15 is 0 Å². The van der Waals surface area contributed by atoms with E-state index in [9.17, 15) is 0 Å². The summed E-state index contributed by atoms with van der Waals surface area (Å²) in [4.78, 5) is 0. The average Bonchev–Trinajstić information content (AvgIpc) is 2.84. The zero-order valence-corrected chi connectivity index (χ0v) is 11.9. The molecule has 0 spiro atoms. The van der Waals surface area contributed by atoms with Gasteiger partial charge in [-0.1, -0.05) is 30.7 Å². The van der Waals surface area contributed by atoms with Crippen LogP contribution in [0.4, 0.5) is 0 Å². The van der Waals surface area contributed by atoms with E-state index in [0.717, 1.165) is 11.4 Å². The van der Waals surface area contributed by atoms with Gasteiger partial charge in [0.25, 0.3) is 0 Å². The van der Waals surface area contributed by atoms with Crippen LogP contribution in [0, 0.1) is 0 Å². The van der Waals surface area contributed by atoms with Crippen LogP contribution in [-0.4, -0.2) is 19.3 Å². The van der Waals surface area contributed by atoms with Crippen LogP contribution in [0.25, 0.3) is 0 Å². The van der Waals surface area contributed by atoms with Gasteiger partial charge in [-0.3, -0.25) is 0 Å². The molecule has 2 rings (SSSR count). The van der Waals surface area contributed by atoms with Crippen LogP contribution in [-0.2, 0) is 4.74 Å². The molecular formula is C15H22ClNO. The van der Waals surface area contributed by atoms with Gasteiger partial charge in [-0.05, 0) is 43.4 Å². The SMILES string of the molecule is CCC(NC1CCCC1OC)c1ccc(Cl)cc1. The summed E-state index contributed by atoms with van der Waals surface area (Å²) < 4.78 is 5.54. The molecule has 100 valence electrons. The van der Waals surface area contributed by atoms with Crippen LogP contribution < -0.4 is 5.32 Å². The van der Waals surface area contributed by atoms with Crippen molar-refractivity contribution in [2.24, 2.45) is 0 Å². The summed E-state index contributed by atoms with van der Waals surface area (Å²) in [7, 11) is 1.81. The minimum Gasteiger partial charge on any atom is -0.380 e. The largest absolute Gasteiger partial charge is 0.380 e. The van der Waals surface area contributed by atoms with Gasteiger partial charge in [-0.25, -0.2) is 0 Å². The molecule has 0 heterocycles.